The first-order valence-electron chi connectivity index (χ1n) is 12.8. The highest BCUT2D eigenvalue weighted by Gasteiger charge is 2.37. The number of aromatic nitrogens is 1. The lowest BCUT2D eigenvalue weighted by Gasteiger charge is -2.42. The molecule has 3 aliphatic heterocycles. The molecule has 0 saturated carbocycles. The van der Waals surface area contributed by atoms with Gasteiger partial charge in [-0.25, -0.2) is 4.79 Å². The highest BCUT2D eigenvalue weighted by atomic mass is 16.6. The van der Waals surface area contributed by atoms with Crippen LogP contribution in [0.25, 0.3) is 0 Å². The van der Waals surface area contributed by atoms with Crippen LogP contribution in [0.1, 0.15) is 48.2 Å². The molecule has 0 radical (unpaired) electrons. The molecule has 0 spiro atoms. The molecule has 11 heteroatoms. The van der Waals surface area contributed by atoms with Crippen molar-refractivity contribution in [2.75, 3.05) is 38.1 Å². The third-order valence-corrected chi connectivity index (χ3v) is 7.59. The van der Waals surface area contributed by atoms with E-state index < -0.39 is 4.92 Å². The number of fused-ring (bicyclic) bond motifs is 4. The van der Waals surface area contributed by atoms with Crippen LogP contribution < -0.4 is 10.9 Å². The van der Waals surface area contributed by atoms with Crippen molar-refractivity contribution < 1.29 is 19.2 Å². The van der Waals surface area contributed by atoms with E-state index in [1.54, 1.807) is 41.0 Å². The average Bonchev–Trinajstić information content (AvgIpc) is 2.89. The van der Waals surface area contributed by atoms with Gasteiger partial charge in [0.2, 0.25) is 0 Å². The monoisotopic (exact) mass is 509 g/mol. The summed E-state index contributed by atoms with van der Waals surface area (Å²) < 4.78 is 6.85. The van der Waals surface area contributed by atoms with Crippen LogP contribution in [0.5, 0.6) is 0 Å². The van der Waals surface area contributed by atoms with Crippen LogP contribution in [0.15, 0.2) is 41.2 Å². The van der Waals surface area contributed by atoms with Crippen LogP contribution in [0.2, 0.25) is 0 Å². The molecule has 0 aliphatic carbocycles. The van der Waals surface area contributed by atoms with E-state index in [1.165, 1.54) is 6.07 Å². The maximum Gasteiger partial charge on any atom is 0.409 e. The molecule has 2 unspecified atom stereocenters. The number of nitro benzene ring substituents is 1. The first-order valence-corrected chi connectivity index (χ1v) is 12.8. The summed E-state index contributed by atoms with van der Waals surface area (Å²) in [4.78, 5) is 52.4. The van der Waals surface area contributed by atoms with Crippen molar-refractivity contribution in [1.29, 1.82) is 0 Å². The summed E-state index contributed by atoms with van der Waals surface area (Å²) in [7, 11) is 0. The van der Waals surface area contributed by atoms with E-state index in [1.807, 2.05) is 10.6 Å². The van der Waals surface area contributed by atoms with E-state index in [2.05, 4.69) is 5.32 Å². The van der Waals surface area contributed by atoms with E-state index in [9.17, 15) is 24.5 Å². The second-order valence-corrected chi connectivity index (χ2v) is 10.0. The first-order chi connectivity index (χ1) is 17.8. The van der Waals surface area contributed by atoms with Crippen LogP contribution >= 0.6 is 0 Å². The Morgan fingerprint density at radius 1 is 1.11 bits per heavy atom. The van der Waals surface area contributed by atoms with Crippen molar-refractivity contribution in [2.24, 2.45) is 5.92 Å². The fraction of sp³-hybridized carbons (Fsp3) is 0.500. The van der Waals surface area contributed by atoms with Gasteiger partial charge in [-0.1, -0.05) is 6.07 Å². The lowest BCUT2D eigenvalue weighted by molar-refractivity contribution is -0.384. The number of amides is 2. The molecule has 2 atom stereocenters. The van der Waals surface area contributed by atoms with Crippen molar-refractivity contribution >= 4 is 23.4 Å². The summed E-state index contributed by atoms with van der Waals surface area (Å²) in [6, 6.07) is 9.81. The van der Waals surface area contributed by atoms with Gasteiger partial charge < -0.3 is 24.4 Å². The fourth-order valence-electron chi connectivity index (χ4n) is 5.82. The van der Waals surface area contributed by atoms with Crippen molar-refractivity contribution in [3.63, 3.8) is 0 Å². The maximum absolute atomic E-state index is 13.4. The molecule has 4 heterocycles. The smallest absolute Gasteiger partial charge is 0.409 e. The number of nitro groups is 1. The molecule has 1 aromatic heterocycles. The molecule has 1 aromatic carbocycles. The minimum Gasteiger partial charge on any atom is -0.450 e. The molecular weight excluding hydrogens is 478 g/mol. The SMILES string of the molecule is CCOC(=O)N1CCC(Nc2ccc(C(=O)N3CC4CC(C3)c3cccc(=O)n3C4)cc2[N+](=O)[O-])CC1. The van der Waals surface area contributed by atoms with Crippen LogP contribution in [-0.4, -0.2) is 70.1 Å². The Bertz CT molecular complexity index is 1270. The third kappa shape index (κ3) is 5.03. The Kier molecular flexibility index (Phi) is 6.86. The van der Waals surface area contributed by atoms with Gasteiger partial charge in [0, 0.05) is 68.1 Å². The van der Waals surface area contributed by atoms with Gasteiger partial charge in [0.25, 0.3) is 17.2 Å². The summed E-state index contributed by atoms with van der Waals surface area (Å²) in [6.45, 7) is 4.67. The summed E-state index contributed by atoms with van der Waals surface area (Å²) in [5.74, 6) is 0.00674. The number of hydrogen-bond acceptors (Lipinski definition) is 7. The minimum absolute atomic E-state index is 0.0164. The zero-order chi connectivity index (χ0) is 26.1. The summed E-state index contributed by atoms with van der Waals surface area (Å²) >= 11 is 0. The predicted molar refractivity (Wildman–Crippen MR) is 136 cm³/mol. The van der Waals surface area contributed by atoms with E-state index >= 15 is 0 Å². The van der Waals surface area contributed by atoms with Crippen molar-refractivity contribution in [3.8, 4) is 0 Å². The first kappa shape index (κ1) is 24.8. The Morgan fingerprint density at radius 2 is 1.89 bits per heavy atom. The standard InChI is InChI=1S/C26H31N5O6/c1-2-37-26(34)28-10-8-20(9-11-28)27-21-7-6-18(13-23(21)31(35)36)25(33)29-14-17-12-19(16-29)22-4-3-5-24(32)30(22)15-17/h3-7,13,17,19-20,27H,2,8-12,14-16H2,1H3. The van der Waals surface area contributed by atoms with Gasteiger partial charge in [0.1, 0.15) is 5.69 Å². The van der Waals surface area contributed by atoms with E-state index in [4.69, 9.17) is 4.74 Å². The Hall–Kier alpha value is -3.89. The molecule has 196 valence electrons. The molecular formula is C26H31N5O6. The Labute approximate surface area is 214 Å². The number of likely N-dealkylation sites (tertiary alicyclic amines) is 2. The second-order valence-electron chi connectivity index (χ2n) is 10.0. The number of piperidine rings is 2. The predicted octanol–water partition coefficient (Wildman–Crippen LogP) is 3.05. The molecule has 2 fully saturated rings. The molecule has 2 saturated heterocycles. The zero-order valence-corrected chi connectivity index (χ0v) is 20.8. The van der Waals surface area contributed by atoms with Crippen molar-refractivity contribution in [1.82, 2.24) is 14.4 Å². The van der Waals surface area contributed by atoms with Gasteiger partial charge >= 0.3 is 6.09 Å². The molecule has 2 aromatic rings. The normalized spacial score (nSPS) is 21.2. The molecule has 11 nitrogen and oxygen atoms in total. The molecule has 3 aliphatic rings. The van der Waals surface area contributed by atoms with E-state index in [0.717, 1.165) is 12.1 Å². The van der Waals surface area contributed by atoms with Gasteiger partial charge in [0.15, 0.2) is 0 Å². The Morgan fingerprint density at radius 3 is 2.62 bits per heavy atom. The quantitative estimate of drug-likeness (QED) is 0.485. The van der Waals surface area contributed by atoms with Crippen LogP contribution in [0.4, 0.5) is 16.2 Å². The number of benzene rings is 1. The Balaban J connectivity index is 1.28. The van der Waals surface area contributed by atoms with Gasteiger partial charge in [-0.15, -0.1) is 0 Å². The van der Waals surface area contributed by atoms with Crippen molar-refractivity contribution in [3.05, 3.63) is 68.1 Å². The van der Waals surface area contributed by atoms with E-state index in [0.29, 0.717) is 57.9 Å². The number of anilines is 1. The molecule has 2 bridgehead atoms. The molecule has 37 heavy (non-hydrogen) atoms. The topological polar surface area (TPSA) is 127 Å². The number of pyridine rings is 1. The summed E-state index contributed by atoms with van der Waals surface area (Å²) in [6.07, 6.45) is 1.85. The summed E-state index contributed by atoms with van der Waals surface area (Å²) in [5.41, 5.74) is 1.42. The number of rotatable bonds is 5. The van der Waals surface area contributed by atoms with Gasteiger partial charge in [-0.3, -0.25) is 19.7 Å². The van der Waals surface area contributed by atoms with Crippen LogP contribution in [0.3, 0.4) is 0 Å². The fourth-order valence-corrected chi connectivity index (χ4v) is 5.82. The second kappa shape index (κ2) is 10.2. The number of nitrogens with zero attached hydrogens (tertiary/aromatic N) is 4. The van der Waals surface area contributed by atoms with Gasteiger partial charge in [-0.2, -0.15) is 0 Å². The van der Waals surface area contributed by atoms with Crippen LogP contribution in [-0.2, 0) is 11.3 Å². The van der Waals surface area contributed by atoms with Gasteiger partial charge in [0.05, 0.1) is 11.5 Å². The lowest BCUT2D eigenvalue weighted by Crippen LogP contribution is -2.49. The highest BCUT2D eigenvalue weighted by molar-refractivity contribution is 5.96. The molecule has 2 amide bonds. The zero-order valence-electron chi connectivity index (χ0n) is 20.8. The summed E-state index contributed by atoms with van der Waals surface area (Å²) in [5, 5.41) is 15.1. The molecule has 5 rings (SSSR count). The number of hydrogen-bond donors (Lipinski definition) is 1. The van der Waals surface area contributed by atoms with E-state index in [-0.39, 0.29) is 46.7 Å². The number of nitrogens with one attached hydrogen (secondary N) is 1. The molecule has 1 N–H and O–H groups in total. The largest absolute Gasteiger partial charge is 0.450 e. The van der Waals surface area contributed by atoms with Gasteiger partial charge in [-0.05, 0) is 50.3 Å². The minimum atomic E-state index is -0.472. The highest BCUT2D eigenvalue weighted by Crippen LogP contribution is 2.36. The van der Waals surface area contributed by atoms with Crippen molar-refractivity contribution in [2.45, 2.75) is 44.7 Å². The number of carbonyl (C=O) groups is 2. The average molecular weight is 510 g/mol. The number of ether oxygens (including phenoxy) is 1. The van der Waals surface area contributed by atoms with Crippen LogP contribution in [0, 0.1) is 16.0 Å². The third-order valence-electron chi connectivity index (χ3n) is 7.59. The number of carbonyl (C=O) groups excluding carboxylic acids is 2. The lowest BCUT2D eigenvalue weighted by atomic mass is 9.83. The maximum atomic E-state index is 13.4.